The van der Waals surface area contributed by atoms with Gasteiger partial charge in [-0.15, -0.1) is 0 Å². The van der Waals surface area contributed by atoms with Crippen LogP contribution in [0, 0.1) is 5.92 Å². The average molecular weight is 218 g/mol. The van der Waals surface area contributed by atoms with Crippen LogP contribution in [0.15, 0.2) is 0 Å². The van der Waals surface area contributed by atoms with Crippen molar-refractivity contribution >= 4 is 11.9 Å². The van der Waals surface area contributed by atoms with Crippen LogP contribution in [0.1, 0.15) is 6.92 Å². The number of carbonyl (C=O) groups is 2. The van der Waals surface area contributed by atoms with Gasteiger partial charge in [0, 0.05) is 13.5 Å². The van der Waals surface area contributed by atoms with Gasteiger partial charge in [0.15, 0.2) is 0 Å². The fourth-order valence-corrected chi connectivity index (χ4v) is 1.52. The molecule has 0 aliphatic carbocycles. The fraction of sp³-hybridized carbons (Fsp3) is 0.750. The van der Waals surface area contributed by atoms with E-state index in [2.05, 4.69) is 10.6 Å². The number of amides is 1. The van der Waals surface area contributed by atoms with Crippen molar-refractivity contribution in [2.45, 2.75) is 25.3 Å². The lowest BCUT2D eigenvalue weighted by Gasteiger charge is -2.36. The lowest BCUT2D eigenvalue weighted by molar-refractivity contribution is -0.153. The van der Waals surface area contributed by atoms with Crippen LogP contribution in [0.25, 0.3) is 0 Å². The maximum Gasteiger partial charge on any atom is 0.310 e. The molecule has 86 valence electrons. The minimum atomic E-state index is -1.39. The number of rotatable bonds is 2. The van der Waals surface area contributed by atoms with Crippen molar-refractivity contribution < 1.29 is 24.9 Å². The third kappa shape index (κ3) is 2.65. The van der Waals surface area contributed by atoms with E-state index in [0.717, 1.165) is 0 Å². The summed E-state index contributed by atoms with van der Waals surface area (Å²) in [5.41, 5.74) is 0. The zero-order valence-corrected chi connectivity index (χ0v) is 8.17. The first kappa shape index (κ1) is 11.9. The number of carboxylic acids is 1. The molecule has 7 nitrogen and oxygen atoms in total. The van der Waals surface area contributed by atoms with Gasteiger partial charge in [0.05, 0.1) is 12.0 Å². The molecule has 4 unspecified atom stereocenters. The number of nitrogens with one attached hydrogen (secondary N) is 2. The van der Waals surface area contributed by atoms with Gasteiger partial charge >= 0.3 is 5.97 Å². The Morgan fingerprint density at radius 3 is 2.40 bits per heavy atom. The topological polar surface area (TPSA) is 119 Å². The van der Waals surface area contributed by atoms with Crippen molar-refractivity contribution in [1.29, 1.82) is 0 Å². The average Bonchev–Trinajstić information content (AvgIpc) is 2.12. The number of piperidine rings is 1. The van der Waals surface area contributed by atoms with Gasteiger partial charge in [-0.1, -0.05) is 0 Å². The van der Waals surface area contributed by atoms with Gasteiger partial charge in [-0.2, -0.15) is 0 Å². The molecule has 1 rings (SSSR count). The molecule has 0 aromatic carbocycles. The van der Waals surface area contributed by atoms with Crippen molar-refractivity contribution in [3.8, 4) is 0 Å². The molecule has 0 saturated carbocycles. The molecule has 4 atom stereocenters. The molecule has 0 radical (unpaired) electrons. The van der Waals surface area contributed by atoms with E-state index in [-0.39, 0.29) is 12.5 Å². The number of aliphatic hydroxyl groups is 2. The third-order valence-corrected chi connectivity index (χ3v) is 2.34. The highest BCUT2D eigenvalue weighted by molar-refractivity contribution is 5.74. The van der Waals surface area contributed by atoms with Gasteiger partial charge in [0.1, 0.15) is 12.3 Å². The summed E-state index contributed by atoms with van der Waals surface area (Å²) in [6, 6.07) is 0. The quantitative estimate of drug-likeness (QED) is 0.349. The minimum absolute atomic E-state index is 0.00148. The van der Waals surface area contributed by atoms with Crippen LogP contribution in [0.5, 0.6) is 0 Å². The maximum absolute atomic E-state index is 10.7. The molecular weight excluding hydrogens is 204 g/mol. The van der Waals surface area contributed by atoms with E-state index < -0.39 is 30.3 Å². The summed E-state index contributed by atoms with van der Waals surface area (Å²) in [4.78, 5) is 21.4. The normalized spacial score (nSPS) is 35.9. The van der Waals surface area contributed by atoms with Gasteiger partial charge in [0.2, 0.25) is 5.91 Å². The minimum Gasteiger partial charge on any atom is -0.481 e. The number of carboxylic acid groups (broad SMARTS) is 1. The van der Waals surface area contributed by atoms with Crippen LogP contribution < -0.4 is 10.6 Å². The molecule has 0 spiro atoms. The highest BCUT2D eigenvalue weighted by atomic mass is 16.4. The van der Waals surface area contributed by atoms with Crippen molar-refractivity contribution in [1.82, 2.24) is 10.6 Å². The zero-order valence-electron chi connectivity index (χ0n) is 8.17. The third-order valence-electron chi connectivity index (χ3n) is 2.34. The number of aliphatic carboxylic acids is 1. The second-order valence-corrected chi connectivity index (χ2v) is 3.51. The highest BCUT2D eigenvalue weighted by Gasteiger charge is 2.41. The Hall–Kier alpha value is -1.18. The Morgan fingerprint density at radius 2 is 1.93 bits per heavy atom. The standard InChI is InChI=1S/C8H14N2O5/c1-3(11)10-7-6(13)5(12)4(2-9-7)8(14)15/h4-7,9,12-13H,2H2,1H3,(H,10,11)(H,14,15). The summed E-state index contributed by atoms with van der Waals surface area (Å²) in [6.45, 7) is 1.27. The number of aliphatic hydroxyl groups excluding tert-OH is 2. The molecule has 1 fully saturated rings. The molecule has 1 amide bonds. The lowest BCUT2D eigenvalue weighted by atomic mass is 9.92. The van der Waals surface area contributed by atoms with E-state index in [0.29, 0.717) is 0 Å². The smallest absolute Gasteiger partial charge is 0.310 e. The molecule has 0 aromatic rings. The molecule has 1 aliphatic rings. The first-order valence-electron chi connectivity index (χ1n) is 4.53. The fourth-order valence-electron chi connectivity index (χ4n) is 1.52. The second-order valence-electron chi connectivity index (χ2n) is 3.51. The first-order valence-corrected chi connectivity index (χ1v) is 4.53. The molecule has 1 heterocycles. The van der Waals surface area contributed by atoms with Crippen molar-refractivity contribution in [3.63, 3.8) is 0 Å². The molecule has 1 saturated heterocycles. The van der Waals surface area contributed by atoms with Crippen LogP contribution in [0.3, 0.4) is 0 Å². The van der Waals surface area contributed by atoms with Crippen molar-refractivity contribution in [3.05, 3.63) is 0 Å². The highest BCUT2D eigenvalue weighted by Crippen LogP contribution is 2.15. The summed E-state index contributed by atoms with van der Waals surface area (Å²) in [6.07, 6.45) is -3.53. The van der Waals surface area contributed by atoms with Gasteiger partial charge < -0.3 is 20.6 Å². The molecule has 7 heteroatoms. The van der Waals surface area contributed by atoms with Crippen LogP contribution in [0.2, 0.25) is 0 Å². The first-order chi connectivity index (χ1) is 6.93. The Labute approximate surface area is 86.1 Å². The summed E-state index contributed by atoms with van der Waals surface area (Å²) in [7, 11) is 0. The summed E-state index contributed by atoms with van der Waals surface area (Å²) >= 11 is 0. The Morgan fingerprint density at radius 1 is 1.33 bits per heavy atom. The summed E-state index contributed by atoms with van der Waals surface area (Å²) in [5.74, 6) is -2.62. The van der Waals surface area contributed by atoms with E-state index >= 15 is 0 Å². The molecule has 1 aliphatic heterocycles. The van der Waals surface area contributed by atoms with Crippen molar-refractivity contribution in [2.24, 2.45) is 5.92 Å². The van der Waals surface area contributed by atoms with E-state index in [1.807, 2.05) is 0 Å². The predicted molar refractivity (Wildman–Crippen MR) is 48.7 cm³/mol. The molecule has 0 aromatic heterocycles. The predicted octanol–water partition coefficient (Wildman–Crippen LogP) is -2.53. The van der Waals surface area contributed by atoms with Gasteiger partial charge in [-0.25, -0.2) is 0 Å². The van der Waals surface area contributed by atoms with E-state index in [9.17, 15) is 19.8 Å². The zero-order chi connectivity index (χ0) is 11.6. The van der Waals surface area contributed by atoms with E-state index in [1.54, 1.807) is 0 Å². The van der Waals surface area contributed by atoms with Crippen molar-refractivity contribution in [2.75, 3.05) is 6.54 Å². The molecular formula is C8H14N2O5. The van der Waals surface area contributed by atoms with Crippen LogP contribution in [-0.4, -0.2) is 52.1 Å². The number of carbonyl (C=O) groups excluding carboxylic acids is 1. The number of hydrogen-bond donors (Lipinski definition) is 5. The number of hydrogen-bond acceptors (Lipinski definition) is 5. The van der Waals surface area contributed by atoms with Gasteiger partial charge in [0.25, 0.3) is 0 Å². The lowest BCUT2D eigenvalue weighted by Crippen LogP contribution is -2.64. The van der Waals surface area contributed by atoms with Crippen LogP contribution in [0.4, 0.5) is 0 Å². The largest absolute Gasteiger partial charge is 0.481 e. The molecule has 5 N–H and O–H groups in total. The summed E-state index contributed by atoms with van der Waals surface area (Å²) in [5, 5.41) is 32.7. The molecule has 15 heavy (non-hydrogen) atoms. The van der Waals surface area contributed by atoms with Crippen LogP contribution in [-0.2, 0) is 9.59 Å². The summed E-state index contributed by atoms with van der Waals surface area (Å²) < 4.78 is 0. The van der Waals surface area contributed by atoms with E-state index in [4.69, 9.17) is 5.11 Å². The second kappa shape index (κ2) is 4.56. The molecule has 0 bridgehead atoms. The Balaban J connectivity index is 2.64. The SMILES string of the molecule is CC(=O)NC1NCC(C(=O)O)C(O)C1O. The van der Waals surface area contributed by atoms with E-state index in [1.165, 1.54) is 6.92 Å². The maximum atomic E-state index is 10.7. The Bertz CT molecular complexity index is 268. The van der Waals surface area contributed by atoms with Gasteiger partial charge in [-0.3, -0.25) is 14.9 Å². The monoisotopic (exact) mass is 218 g/mol. The van der Waals surface area contributed by atoms with Gasteiger partial charge in [-0.05, 0) is 0 Å². The van der Waals surface area contributed by atoms with Crippen LogP contribution >= 0.6 is 0 Å². The Kier molecular flexibility index (Phi) is 3.61.